The van der Waals surface area contributed by atoms with Gasteiger partial charge >= 0.3 is 0 Å². The van der Waals surface area contributed by atoms with Crippen LogP contribution in [0.3, 0.4) is 0 Å². The predicted molar refractivity (Wildman–Crippen MR) is 97.1 cm³/mol. The molecular formula is C20H24FN3O2. The van der Waals surface area contributed by atoms with Crippen molar-refractivity contribution in [2.75, 3.05) is 18.4 Å². The number of carbonyl (C=O) groups excluding carboxylic acids is 1. The van der Waals surface area contributed by atoms with Gasteiger partial charge in [-0.2, -0.15) is 0 Å². The molecule has 0 unspecified atom stereocenters. The summed E-state index contributed by atoms with van der Waals surface area (Å²) in [5.74, 6) is -0.266. The summed E-state index contributed by atoms with van der Waals surface area (Å²) in [6, 6.07) is 8.61. The smallest absolute Gasteiger partial charge is 0.245 e. The molecule has 2 aromatic rings. The SMILES string of the molecule is O=C(NC1CC1)C1(Nc2cccc(F)c2)CCN(Cc2ccoc2)CC1. The Morgan fingerprint density at radius 1 is 1.27 bits per heavy atom. The van der Waals surface area contributed by atoms with Crippen molar-refractivity contribution in [2.24, 2.45) is 0 Å². The number of nitrogens with zero attached hydrogens (tertiary/aromatic N) is 1. The lowest BCUT2D eigenvalue weighted by Crippen LogP contribution is -2.58. The quantitative estimate of drug-likeness (QED) is 0.834. The second-order valence-electron chi connectivity index (χ2n) is 7.37. The van der Waals surface area contributed by atoms with Crippen LogP contribution in [-0.2, 0) is 11.3 Å². The number of anilines is 1. The van der Waals surface area contributed by atoms with E-state index in [4.69, 9.17) is 4.42 Å². The Balaban J connectivity index is 1.47. The van der Waals surface area contributed by atoms with Gasteiger partial charge in [-0.15, -0.1) is 0 Å². The molecule has 2 aliphatic rings. The van der Waals surface area contributed by atoms with Gasteiger partial charge in [0.1, 0.15) is 11.4 Å². The Morgan fingerprint density at radius 2 is 2.08 bits per heavy atom. The van der Waals surface area contributed by atoms with Gasteiger partial charge in [0.25, 0.3) is 0 Å². The Hall–Kier alpha value is -2.34. The van der Waals surface area contributed by atoms with E-state index in [0.717, 1.165) is 38.0 Å². The first-order chi connectivity index (χ1) is 12.6. The summed E-state index contributed by atoms with van der Waals surface area (Å²) in [5, 5.41) is 6.48. The van der Waals surface area contributed by atoms with E-state index in [1.807, 2.05) is 12.1 Å². The second kappa shape index (κ2) is 7.11. The van der Waals surface area contributed by atoms with Gasteiger partial charge < -0.3 is 15.1 Å². The van der Waals surface area contributed by atoms with Crippen molar-refractivity contribution in [1.82, 2.24) is 10.2 Å². The minimum absolute atomic E-state index is 0.0345. The van der Waals surface area contributed by atoms with Crippen molar-refractivity contribution in [3.63, 3.8) is 0 Å². The van der Waals surface area contributed by atoms with E-state index < -0.39 is 5.54 Å². The van der Waals surface area contributed by atoms with E-state index in [-0.39, 0.29) is 11.7 Å². The third-order valence-corrected chi connectivity index (χ3v) is 5.25. The Kier molecular flexibility index (Phi) is 4.68. The van der Waals surface area contributed by atoms with Gasteiger partial charge in [0, 0.05) is 36.9 Å². The van der Waals surface area contributed by atoms with Gasteiger partial charge in [-0.25, -0.2) is 4.39 Å². The highest BCUT2D eigenvalue weighted by atomic mass is 19.1. The first-order valence-electron chi connectivity index (χ1n) is 9.21. The molecule has 6 heteroatoms. The second-order valence-corrected chi connectivity index (χ2v) is 7.37. The van der Waals surface area contributed by atoms with Crippen LogP contribution in [0.1, 0.15) is 31.2 Å². The van der Waals surface area contributed by atoms with Crippen LogP contribution in [0, 0.1) is 5.82 Å². The number of hydrogen-bond donors (Lipinski definition) is 2. The summed E-state index contributed by atoms with van der Waals surface area (Å²) in [5.41, 5.74) is 1.10. The summed E-state index contributed by atoms with van der Waals surface area (Å²) in [6.45, 7) is 2.41. The lowest BCUT2D eigenvalue weighted by atomic mass is 9.85. The third-order valence-electron chi connectivity index (χ3n) is 5.25. The maximum atomic E-state index is 13.6. The Labute approximate surface area is 152 Å². The molecule has 2 fully saturated rings. The fourth-order valence-electron chi connectivity index (χ4n) is 3.54. The number of hydrogen-bond acceptors (Lipinski definition) is 4. The molecule has 5 nitrogen and oxygen atoms in total. The average molecular weight is 357 g/mol. The van der Waals surface area contributed by atoms with Crippen molar-refractivity contribution in [3.8, 4) is 0 Å². The van der Waals surface area contributed by atoms with E-state index in [0.29, 0.717) is 24.6 Å². The summed E-state index contributed by atoms with van der Waals surface area (Å²) in [6.07, 6.45) is 6.90. The first-order valence-corrected chi connectivity index (χ1v) is 9.21. The van der Waals surface area contributed by atoms with Crippen LogP contribution < -0.4 is 10.6 Å². The molecule has 1 aliphatic carbocycles. The van der Waals surface area contributed by atoms with Crippen LogP contribution in [0.15, 0.2) is 47.3 Å². The molecular weight excluding hydrogens is 333 g/mol. The van der Waals surface area contributed by atoms with E-state index in [2.05, 4.69) is 15.5 Å². The number of furan rings is 1. The van der Waals surface area contributed by atoms with E-state index in [1.54, 1.807) is 18.6 Å². The number of likely N-dealkylation sites (tertiary alicyclic amines) is 1. The van der Waals surface area contributed by atoms with Crippen molar-refractivity contribution in [2.45, 2.75) is 43.8 Å². The normalized spacial score (nSPS) is 19.9. The van der Waals surface area contributed by atoms with Crippen molar-refractivity contribution >= 4 is 11.6 Å². The van der Waals surface area contributed by atoms with E-state index in [9.17, 15) is 9.18 Å². The van der Waals surface area contributed by atoms with Crippen molar-refractivity contribution < 1.29 is 13.6 Å². The average Bonchev–Trinajstić information content (AvgIpc) is 3.29. The van der Waals surface area contributed by atoms with Gasteiger partial charge in [-0.3, -0.25) is 9.69 Å². The number of benzene rings is 1. The van der Waals surface area contributed by atoms with Crippen LogP contribution in [0.4, 0.5) is 10.1 Å². The standard InChI is InChI=1S/C20H24FN3O2/c21-16-2-1-3-18(12-16)23-20(19(25)22-17-4-5-17)7-9-24(10-8-20)13-15-6-11-26-14-15/h1-3,6,11-12,14,17,23H,4-5,7-10,13H2,(H,22,25). The summed E-state index contributed by atoms with van der Waals surface area (Å²) in [7, 11) is 0. The molecule has 138 valence electrons. The highest BCUT2D eigenvalue weighted by Crippen LogP contribution is 2.30. The maximum absolute atomic E-state index is 13.6. The molecule has 0 spiro atoms. The highest BCUT2D eigenvalue weighted by molar-refractivity contribution is 5.90. The zero-order chi connectivity index (χ0) is 18.0. The molecule has 1 aromatic carbocycles. The highest BCUT2D eigenvalue weighted by Gasteiger charge is 2.43. The molecule has 26 heavy (non-hydrogen) atoms. The van der Waals surface area contributed by atoms with Gasteiger partial charge in [0.15, 0.2) is 0 Å². The minimum Gasteiger partial charge on any atom is -0.472 e. The Morgan fingerprint density at radius 3 is 2.73 bits per heavy atom. The van der Waals surface area contributed by atoms with Gasteiger partial charge in [0.2, 0.25) is 5.91 Å². The van der Waals surface area contributed by atoms with Crippen LogP contribution >= 0.6 is 0 Å². The molecule has 0 bridgehead atoms. The molecule has 2 N–H and O–H groups in total. The van der Waals surface area contributed by atoms with Crippen LogP contribution in [0.5, 0.6) is 0 Å². The topological polar surface area (TPSA) is 57.5 Å². The van der Waals surface area contributed by atoms with E-state index >= 15 is 0 Å². The first kappa shape index (κ1) is 17.1. The molecule has 1 saturated heterocycles. The molecule has 1 saturated carbocycles. The predicted octanol–water partition coefficient (Wildman–Crippen LogP) is 3.14. The van der Waals surface area contributed by atoms with Crippen LogP contribution in [-0.4, -0.2) is 35.5 Å². The third kappa shape index (κ3) is 3.90. The van der Waals surface area contributed by atoms with Crippen LogP contribution in [0.2, 0.25) is 0 Å². The van der Waals surface area contributed by atoms with Crippen LogP contribution in [0.25, 0.3) is 0 Å². The number of amides is 1. The molecule has 0 radical (unpaired) electrons. The fraction of sp³-hybridized carbons (Fsp3) is 0.450. The van der Waals surface area contributed by atoms with Gasteiger partial charge in [-0.1, -0.05) is 6.07 Å². The molecule has 0 atom stereocenters. The molecule has 1 amide bonds. The van der Waals surface area contributed by atoms with Crippen molar-refractivity contribution in [3.05, 3.63) is 54.2 Å². The summed E-state index contributed by atoms with van der Waals surface area (Å²) in [4.78, 5) is 15.3. The zero-order valence-corrected chi connectivity index (χ0v) is 14.7. The lowest BCUT2D eigenvalue weighted by molar-refractivity contribution is -0.127. The molecule has 1 aliphatic heterocycles. The summed E-state index contributed by atoms with van der Waals surface area (Å²) < 4.78 is 18.7. The minimum atomic E-state index is -0.691. The zero-order valence-electron chi connectivity index (χ0n) is 14.7. The number of carbonyl (C=O) groups is 1. The van der Waals surface area contributed by atoms with Crippen molar-refractivity contribution in [1.29, 1.82) is 0 Å². The number of piperidine rings is 1. The fourth-order valence-corrected chi connectivity index (χ4v) is 3.54. The molecule has 2 heterocycles. The summed E-state index contributed by atoms with van der Waals surface area (Å²) >= 11 is 0. The van der Waals surface area contributed by atoms with Gasteiger partial charge in [0.05, 0.1) is 12.5 Å². The molecule has 4 rings (SSSR count). The largest absolute Gasteiger partial charge is 0.472 e. The molecule has 1 aromatic heterocycles. The lowest BCUT2D eigenvalue weighted by Gasteiger charge is -2.41. The number of rotatable bonds is 6. The number of nitrogens with one attached hydrogen (secondary N) is 2. The maximum Gasteiger partial charge on any atom is 0.245 e. The Bertz CT molecular complexity index is 750. The van der Waals surface area contributed by atoms with E-state index in [1.165, 1.54) is 12.1 Å². The number of halogens is 1. The van der Waals surface area contributed by atoms with Gasteiger partial charge in [-0.05, 0) is 49.9 Å². The monoisotopic (exact) mass is 357 g/mol.